The average molecular weight is 524 g/mol. The largest absolute Gasteiger partial charge is 0.293 e. The first-order valence-electron chi connectivity index (χ1n) is 12.9. The van der Waals surface area contributed by atoms with Crippen LogP contribution in [0, 0.1) is 0 Å². The van der Waals surface area contributed by atoms with Crippen molar-refractivity contribution < 1.29 is 0 Å². The number of hydrogen-bond acceptors (Lipinski definition) is 5. The lowest BCUT2D eigenvalue weighted by Gasteiger charge is -2.28. The van der Waals surface area contributed by atoms with E-state index in [2.05, 4.69) is 84.4 Å². The van der Waals surface area contributed by atoms with Crippen molar-refractivity contribution in [3.05, 3.63) is 134 Å². The maximum atomic E-state index is 8.60. The monoisotopic (exact) mass is 523 g/mol. The van der Waals surface area contributed by atoms with Crippen LogP contribution < -0.4 is 0 Å². The van der Waals surface area contributed by atoms with E-state index in [1.54, 1.807) is 18.5 Å². The molecule has 0 bridgehead atoms. The van der Waals surface area contributed by atoms with E-state index in [4.69, 9.17) is 17.1 Å². The van der Waals surface area contributed by atoms with Gasteiger partial charge in [-0.1, -0.05) is 77.4 Å². The lowest BCUT2D eigenvalue weighted by molar-refractivity contribution is 0.241. The van der Waals surface area contributed by atoms with Crippen molar-refractivity contribution in [2.75, 3.05) is 13.1 Å². The molecule has 0 saturated carbocycles. The van der Waals surface area contributed by atoms with Gasteiger partial charge in [0.25, 0.3) is 0 Å². The van der Waals surface area contributed by atoms with Crippen LogP contribution in [0.5, 0.6) is 0 Å². The van der Waals surface area contributed by atoms with Crippen molar-refractivity contribution in [1.82, 2.24) is 19.8 Å². The molecule has 8 heteroatoms. The summed E-state index contributed by atoms with van der Waals surface area (Å²) in [6.07, 6.45) is 5.39. The normalized spacial score (nSPS) is 14.9. The summed E-state index contributed by atoms with van der Waals surface area (Å²) >= 11 is 6.19. The predicted octanol–water partition coefficient (Wildman–Crippen LogP) is 6.88. The summed E-state index contributed by atoms with van der Waals surface area (Å²) in [6, 6.07) is 24.7. The molecule has 6 rings (SSSR count). The highest BCUT2D eigenvalue weighted by Crippen LogP contribution is 2.27. The SMILES string of the molecule is Clc1ccnc2c1CCN(Cc1ccccc1)C2.[N-]=[N+]=Nc1ccnc2c1CCN(Cc1ccccc1)C2. The van der Waals surface area contributed by atoms with Gasteiger partial charge in [0.15, 0.2) is 0 Å². The van der Waals surface area contributed by atoms with Crippen molar-refractivity contribution in [3.63, 3.8) is 0 Å². The van der Waals surface area contributed by atoms with E-state index in [0.717, 1.165) is 79.8 Å². The third-order valence-corrected chi connectivity index (χ3v) is 7.32. The topological polar surface area (TPSA) is 81.0 Å². The van der Waals surface area contributed by atoms with Gasteiger partial charge >= 0.3 is 0 Å². The molecule has 0 saturated heterocycles. The molecule has 0 aliphatic carbocycles. The van der Waals surface area contributed by atoms with E-state index in [1.807, 2.05) is 12.1 Å². The highest BCUT2D eigenvalue weighted by Gasteiger charge is 2.20. The maximum Gasteiger partial charge on any atom is 0.0591 e. The lowest BCUT2D eigenvalue weighted by Crippen LogP contribution is -2.30. The minimum Gasteiger partial charge on any atom is -0.293 e. The number of rotatable bonds is 5. The highest BCUT2D eigenvalue weighted by atomic mass is 35.5. The van der Waals surface area contributed by atoms with Crippen molar-refractivity contribution in [1.29, 1.82) is 0 Å². The van der Waals surface area contributed by atoms with Gasteiger partial charge < -0.3 is 0 Å². The van der Waals surface area contributed by atoms with Gasteiger partial charge in [0, 0.05) is 67.3 Å². The number of pyridine rings is 2. The molecule has 4 aromatic rings. The molecule has 0 fully saturated rings. The Hall–Kier alpha value is -3.74. The van der Waals surface area contributed by atoms with E-state index >= 15 is 0 Å². The van der Waals surface area contributed by atoms with E-state index in [1.165, 1.54) is 16.7 Å². The Morgan fingerprint density at radius 2 is 1.26 bits per heavy atom. The molecule has 2 aliphatic heterocycles. The predicted molar refractivity (Wildman–Crippen MR) is 151 cm³/mol. The summed E-state index contributed by atoms with van der Waals surface area (Å²) in [7, 11) is 0. The van der Waals surface area contributed by atoms with Crippen LogP contribution in [-0.4, -0.2) is 32.9 Å². The number of aromatic nitrogens is 2. The second-order valence-corrected chi connectivity index (χ2v) is 9.96. The molecule has 192 valence electrons. The molecular weight excluding hydrogens is 494 g/mol. The fraction of sp³-hybridized carbons (Fsp3) is 0.267. The van der Waals surface area contributed by atoms with E-state index in [9.17, 15) is 0 Å². The van der Waals surface area contributed by atoms with Crippen molar-refractivity contribution in [2.45, 2.75) is 39.0 Å². The fourth-order valence-corrected chi connectivity index (χ4v) is 5.32. The van der Waals surface area contributed by atoms with Gasteiger partial charge in [0.2, 0.25) is 0 Å². The molecular formula is C30H30ClN7. The van der Waals surface area contributed by atoms with Gasteiger partial charge in [-0.05, 0) is 52.8 Å². The Labute approximate surface area is 228 Å². The van der Waals surface area contributed by atoms with Gasteiger partial charge in [-0.3, -0.25) is 19.8 Å². The lowest BCUT2D eigenvalue weighted by atomic mass is 10.0. The number of benzene rings is 2. The smallest absolute Gasteiger partial charge is 0.0591 e. The Morgan fingerprint density at radius 3 is 1.84 bits per heavy atom. The molecule has 0 unspecified atom stereocenters. The number of hydrogen-bond donors (Lipinski definition) is 0. The summed E-state index contributed by atoms with van der Waals surface area (Å²) in [4.78, 5) is 16.5. The van der Waals surface area contributed by atoms with Crippen LogP contribution in [0.1, 0.15) is 33.6 Å². The van der Waals surface area contributed by atoms with Crippen LogP contribution in [0.3, 0.4) is 0 Å². The molecule has 2 aromatic carbocycles. The van der Waals surface area contributed by atoms with Gasteiger partial charge in [-0.2, -0.15) is 0 Å². The fourth-order valence-electron chi connectivity index (χ4n) is 5.06. The zero-order valence-corrected chi connectivity index (χ0v) is 22.0. The second kappa shape index (κ2) is 12.7. The summed E-state index contributed by atoms with van der Waals surface area (Å²) < 4.78 is 0. The third kappa shape index (κ3) is 6.57. The number of nitrogens with zero attached hydrogens (tertiary/aromatic N) is 7. The van der Waals surface area contributed by atoms with Gasteiger partial charge in [0.05, 0.1) is 11.4 Å². The highest BCUT2D eigenvalue weighted by molar-refractivity contribution is 6.31. The van der Waals surface area contributed by atoms with E-state index < -0.39 is 0 Å². The van der Waals surface area contributed by atoms with Crippen LogP contribution in [0.25, 0.3) is 10.4 Å². The molecule has 2 aromatic heterocycles. The Kier molecular flexibility index (Phi) is 8.64. The quantitative estimate of drug-likeness (QED) is 0.162. The molecule has 7 nitrogen and oxygen atoms in total. The van der Waals surface area contributed by atoms with Crippen LogP contribution in [0.15, 0.2) is 90.3 Å². The van der Waals surface area contributed by atoms with Crippen LogP contribution in [0.2, 0.25) is 5.02 Å². The Balaban J connectivity index is 0.000000156. The van der Waals surface area contributed by atoms with Crippen molar-refractivity contribution in [3.8, 4) is 0 Å². The number of fused-ring (bicyclic) bond motifs is 2. The zero-order valence-electron chi connectivity index (χ0n) is 21.2. The summed E-state index contributed by atoms with van der Waals surface area (Å²) in [5.41, 5.74) is 16.4. The van der Waals surface area contributed by atoms with Gasteiger partial charge in [0.1, 0.15) is 0 Å². The second-order valence-electron chi connectivity index (χ2n) is 9.56. The third-order valence-electron chi connectivity index (χ3n) is 6.96. The van der Waals surface area contributed by atoms with Gasteiger partial charge in [-0.25, -0.2) is 0 Å². The standard InChI is InChI=1S/C15H15ClN2.C15H15N5/c16-14-6-8-17-15-11-18(9-7-13(14)15)10-12-4-2-1-3-5-12;16-19-18-14-6-8-17-15-11-20(9-7-13(14)15)10-12-4-2-1-3-5-12/h1-6,8H,7,9-11H2;1-6,8H,7,9-11H2. The first-order valence-corrected chi connectivity index (χ1v) is 13.2. The molecule has 0 N–H and O–H groups in total. The van der Waals surface area contributed by atoms with Crippen LogP contribution in [-0.2, 0) is 39.0 Å². The molecule has 0 atom stereocenters. The molecule has 38 heavy (non-hydrogen) atoms. The Bertz CT molecular complexity index is 1410. The average Bonchev–Trinajstić information content (AvgIpc) is 2.95. The molecule has 0 radical (unpaired) electrons. The summed E-state index contributed by atoms with van der Waals surface area (Å²) in [5.74, 6) is 0. The summed E-state index contributed by atoms with van der Waals surface area (Å²) in [6.45, 7) is 5.61. The first kappa shape index (κ1) is 25.9. The van der Waals surface area contributed by atoms with Gasteiger partial charge in [-0.15, -0.1) is 0 Å². The molecule has 4 heterocycles. The number of halogens is 1. The first-order chi connectivity index (χ1) is 18.7. The van der Waals surface area contributed by atoms with E-state index in [0.29, 0.717) is 0 Å². The minimum absolute atomic E-state index is 0.719. The Morgan fingerprint density at radius 1 is 0.737 bits per heavy atom. The van der Waals surface area contributed by atoms with Crippen molar-refractivity contribution in [2.24, 2.45) is 5.11 Å². The zero-order chi connectivity index (χ0) is 26.2. The maximum absolute atomic E-state index is 8.60. The van der Waals surface area contributed by atoms with Crippen molar-refractivity contribution >= 4 is 17.3 Å². The molecule has 0 amide bonds. The van der Waals surface area contributed by atoms with Crippen LogP contribution in [0.4, 0.5) is 5.69 Å². The molecule has 2 aliphatic rings. The summed E-state index contributed by atoms with van der Waals surface area (Å²) in [5, 5.41) is 4.61. The minimum atomic E-state index is 0.719. The molecule has 0 spiro atoms. The van der Waals surface area contributed by atoms with E-state index in [-0.39, 0.29) is 0 Å². The number of azide groups is 1. The van der Waals surface area contributed by atoms with Crippen LogP contribution >= 0.6 is 11.6 Å².